The first-order valence-electron chi connectivity index (χ1n) is 5.24. The Kier molecular flexibility index (Phi) is 4.04. The molecule has 1 amide bonds. The summed E-state index contributed by atoms with van der Waals surface area (Å²) in [6, 6.07) is 0. The maximum Gasteiger partial charge on any atom is 0.280 e. The number of rotatable bonds is 4. The summed E-state index contributed by atoms with van der Waals surface area (Å²) in [4.78, 5) is 16.0. The molecule has 1 aromatic heterocycles. The molecule has 0 radical (unpaired) electrons. The number of hydrogen-bond donors (Lipinski definition) is 2. The van der Waals surface area contributed by atoms with E-state index in [0.717, 1.165) is 5.69 Å². The normalized spacial score (nSPS) is 11.9. The molecule has 4 nitrogen and oxygen atoms in total. The SMILES string of the molecule is CC(C)c1csc(C(=O)NC(C)(C)CO)n1. The lowest BCUT2D eigenvalue weighted by Gasteiger charge is -2.22. The van der Waals surface area contributed by atoms with Gasteiger partial charge in [0.25, 0.3) is 5.91 Å². The lowest BCUT2D eigenvalue weighted by atomic mass is 10.1. The Hall–Kier alpha value is -0.940. The summed E-state index contributed by atoms with van der Waals surface area (Å²) < 4.78 is 0. The predicted molar refractivity (Wildman–Crippen MR) is 64.8 cm³/mol. The van der Waals surface area contributed by atoms with Gasteiger partial charge < -0.3 is 10.4 Å². The molecule has 0 aliphatic rings. The van der Waals surface area contributed by atoms with Crippen molar-refractivity contribution in [1.29, 1.82) is 0 Å². The van der Waals surface area contributed by atoms with Gasteiger partial charge in [-0.25, -0.2) is 4.98 Å². The van der Waals surface area contributed by atoms with E-state index in [-0.39, 0.29) is 12.5 Å². The third-order valence-corrected chi connectivity index (χ3v) is 3.01. The third kappa shape index (κ3) is 3.28. The average Bonchev–Trinajstić information content (AvgIpc) is 2.66. The molecule has 0 spiro atoms. The number of thiazole rings is 1. The maximum absolute atomic E-state index is 11.8. The first kappa shape index (κ1) is 13.1. The Bertz CT molecular complexity index is 372. The summed E-state index contributed by atoms with van der Waals surface area (Å²) in [6.07, 6.45) is 0. The van der Waals surface area contributed by atoms with Gasteiger partial charge in [-0.2, -0.15) is 0 Å². The standard InChI is InChI=1S/C11H18N2O2S/c1-7(2)8-5-16-10(12-8)9(15)13-11(3,4)6-14/h5,7,14H,6H2,1-4H3,(H,13,15). The fourth-order valence-corrected chi connectivity index (χ4v) is 1.93. The van der Waals surface area contributed by atoms with Gasteiger partial charge in [-0.05, 0) is 19.8 Å². The van der Waals surface area contributed by atoms with Crippen molar-refractivity contribution in [3.8, 4) is 0 Å². The van der Waals surface area contributed by atoms with E-state index in [0.29, 0.717) is 10.9 Å². The van der Waals surface area contributed by atoms with Gasteiger partial charge in [0, 0.05) is 5.38 Å². The predicted octanol–water partition coefficient (Wildman–Crippen LogP) is 1.77. The molecule has 0 fully saturated rings. The number of aliphatic hydroxyl groups is 1. The first-order valence-corrected chi connectivity index (χ1v) is 6.12. The highest BCUT2D eigenvalue weighted by atomic mass is 32.1. The summed E-state index contributed by atoms with van der Waals surface area (Å²) in [5, 5.41) is 14.1. The van der Waals surface area contributed by atoms with Gasteiger partial charge in [0.05, 0.1) is 17.8 Å². The van der Waals surface area contributed by atoms with Gasteiger partial charge in [-0.15, -0.1) is 11.3 Å². The number of hydrogen-bond acceptors (Lipinski definition) is 4. The van der Waals surface area contributed by atoms with Gasteiger partial charge in [-0.3, -0.25) is 4.79 Å². The van der Waals surface area contributed by atoms with Crippen molar-refractivity contribution in [2.75, 3.05) is 6.61 Å². The van der Waals surface area contributed by atoms with Crippen molar-refractivity contribution < 1.29 is 9.90 Å². The highest BCUT2D eigenvalue weighted by molar-refractivity contribution is 7.11. The molecule has 0 atom stereocenters. The number of aliphatic hydroxyl groups excluding tert-OH is 1. The molecule has 0 aliphatic carbocycles. The van der Waals surface area contributed by atoms with Gasteiger partial charge in [-0.1, -0.05) is 13.8 Å². The minimum Gasteiger partial charge on any atom is -0.394 e. The second kappa shape index (κ2) is 4.93. The largest absolute Gasteiger partial charge is 0.394 e. The average molecular weight is 242 g/mol. The van der Waals surface area contributed by atoms with Crippen LogP contribution in [0.1, 0.15) is 49.1 Å². The second-order valence-corrected chi connectivity index (χ2v) is 5.59. The summed E-state index contributed by atoms with van der Waals surface area (Å²) in [6.45, 7) is 7.51. The molecular formula is C11H18N2O2S. The van der Waals surface area contributed by atoms with Gasteiger partial charge in [0.15, 0.2) is 5.01 Å². The van der Waals surface area contributed by atoms with E-state index in [1.54, 1.807) is 13.8 Å². The minimum absolute atomic E-state index is 0.0961. The fraction of sp³-hybridized carbons (Fsp3) is 0.636. The van der Waals surface area contributed by atoms with Crippen LogP contribution in [0, 0.1) is 0 Å². The lowest BCUT2D eigenvalue weighted by Crippen LogP contribution is -2.46. The maximum atomic E-state index is 11.8. The van der Waals surface area contributed by atoms with Crippen LogP contribution in [0.5, 0.6) is 0 Å². The highest BCUT2D eigenvalue weighted by Crippen LogP contribution is 2.18. The van der Waals surface area contributed by atoms with Crippen molar-refractivity contribution in [3.63, 3.8) is 0 Å². The molecular weight excluding hydrogens is 224 g/mol. The minimum atomic E-state index is -0.610. The molecule has 1 heterocycles. The zero-order chi connectivity index (χ0) is 12.3. The van der Waals surface area contributed by atoms with Crippen LogP contribution in [0.2, 0.25) is 0 Å². The fourth-order valence-electron chi connectivity index (χ4n) is 1.06. The van der Waals surface area contributed by atoms with Gasteiger partial charge >= 0.3 is 0 Å². The molecule has 16 heavy (non-hydrogen) atoms. The van der Waals surface area contributed by atoms with E-state index >= 15 is 0 Å². The van der Waals surface area contributed by atoms with E-state index in [1.807, 2.05) is 19.2 Å². The Labute approximate surface area is 99.7 Å². The molecule has 2 N–H and O–H groups in total. The Morgan fingerprint density at radius 1 is 1.62 bits per heavy atom. The molecule has 90 valence electrons. The smallest absolute Gasteiger partial charge is 0.280 e. The summed E-state index contributed by atoms with van der Waals surface area (Å²) in [5.74, 6) is 0.0969. The molecule has 0 saturated carbocycles. The second-order valence-electron chi connectivity index (χ2n) is 4.73. The first-order chi connectivity index (χ1) is 7.35. The van der Waals surface area contributed by atoms with Gasteiger partial charge in [0.2, 0.25) is 0 Å². The van der Waals surface area contributed by atoms with Crippen molar-refractivity contribution in [3.05, 3.63) is 16.1 Å². The molecule has 0 bridgehead atoms. The van der Waals surface area contributed by atoms with Crippen LogP contribution in [-0.4, -0.2) is 28.1 Å². The number of carbonyl (C=O) groups excluding carboxylic acids is 1. The van der Waals surface area contributed by atoms with Crippen LogP contribution in [0.25, 0.3) is 0 Å². The molecule has 5 heteroatoms. The van der Waals surface area contributed by atoms with Crippen LogP contribution < -0.4 is 5.32 Å². The van der Waals surface area contributed by atoms with Crippen LogP contribution in [0.15, 0.2) is 5.38 Å². The lowest BCUT2D eigenvalue weighted by molar-refractivity contribution is 0.0869. The molecule has 1 aromatic rings. The molecule has 1 rings (SSSR count). The summed E-state index contributed by atoms with van der Waals surface area (Å²) >= 11 is 1.33. The Morgan fingerprint density at radius 3 is 2.69 bits per heavy atom. The molecule has 0 saturated heterocycles. The monoisotopic (exact) mass is 242 g/mol. The molecule has 0 unspecified atom stereocenters. The summed E-state index contributed by atoms with van der Waals surface area (Å²) in [7, 11) is 0. The van der Waals surface area contributed by atoms with E-state index in [2.05, 4.69) is 10.3 Å². The Balaban J connectivity index is 2.74. The van der Waals surface area contributed by atoms with E-state index in [9.17, 15) is 4.79 Å². The number of nitrogens with one attached hydrogen (secondary N) is 1. The highest BCUT2D eigenvalue weighted by Gasteiger charge is 2.22. The number of aromatic nitrogens is 1. The van der Waals surface area contributed by atoms with Crippen molar-refractivity contribution >= 4 is 17.2 Å². The van der Waals surface area contributed by atoms with E-state index in [1.165, 1.54) is 11.3 Å². The Morgan fingerprint density at radius 2 is 2.25 bits per heavy atom. The molecule has 0 aliphatic heterocycles. The number of carbonyl (C=O) groups is 1. The number of amides is 1. The van der Waals surface area contributed by atoms with Crippen molar-refractivity contribution in [1.82, 2.24) is 10.3 Å². The van der Waals surface area contributed by atoms with Crippen LogP contribution >= 0.6 is 11.3 Å². The van der Waals surface area contributed by atoms with Crippen molar-refractivity contribution in [2.24, 2.45) is 0 Å². The zero-order valence-corrected chi connectivity index (χ0v) is 10.9. The molecule has 0 aromatic carbocycles. The van der Waals surface area contributed by atoms with E-state index in [4.69, 9.17) is 5.11 Å². The summed E-state index contributed by atoms with van der Waals surface area (Å²) in [5.41, 5.74) is 0.317. The topological polar surface area (TPSA) is 62.2 Å². The third-order valence-electron chi connectivity index (χ3n) is 2.15. The van der Waals surface area contributed by atoms with Crippen LogP contribution in [0.3, 0.4) is 0 Å². The van der Waals surface area contributed by atoms with Crippen molar-refractivity contribution in [2.45, 2.75) is 39.2 Å². The number of nitrogens with zero attached hydrogens (tertiary/aromatic N) is 1. The van der Waals surface area contributed by atoms with Gasteiger partial charge in [0.1, 0.15) is 0 Å². The van der Waals surface area contributed by atoms with Crippen LogP contribution in [-0.2, 0) is 0 Å². The van der Waals surface area contributed by atoms with E-state index < -0.39 is 5.54 Å². The van der Waals surface area contributed by atoms with Crippen LogP contribution in [0.4, 0.5) is 0 Å². The quantitative estimate of drug-likeness (QED) is 0.845. The zero-order valence-electron chi connectivity index (χ0n) is 10.1.